The molecule has 0 unspecified atom stereocenters. The van der Waals surface area contributed by atoms with Gasteiger partial charge in [0, 0.05) is 16.4 Å². The third-order valence-corrected chi connectivity index (χ3v) is 5.56. The number of halogens is 2. The van der Waals surface area contributed by atoms with Gasteiger partial charge in [-0.2, -0.15) is 0 Å². The summed E-state index contributed by atoms with van der Waals surface area (Å²) < 4.78 is 27.3. The summed E-state index contributed by atoms with van der Waals surface area (Å²) in [7, 11) is -3.78. The van der Waals surface area contributed by atoms with Crippen molar-refractivity contribution < 1.29 is 13.2 Å². The number of rotatable bonds is 5. The van der Waals surface area contributed by atoms with E-state index in [1.807, 2.05) is 0 Å². The summed E-state index contributed by atoms with van der Waals surface area (Å²) in [4.78, 5) is 12.6. The standard InChI is InChI=1S/C19H14Cl2N2O3S/c20-13-5-4-6-14(11-13)22-19(24)17-12-15(9-10-18(17)21)23-27(25,26)16-7-2-1-3-8-16/h1-12,23H,(H,22,24). The zero-order chi connectivity index (χ0) is 19.4. The van der Waals surface area contributed by atoms with Crippen molar-refractivity contribution in [3.05, 3.63) is 88.4 Å². The molecule has 0 bridgehead atoms. The number of nitrogens with one attached hydrogen (secondary N) is 2. The topological polar surface area (TPSA) is 75.3 Å². The summed E-state index contributed by atoms with van der Waals surface area (Å²) in [5.74, 6) is -0.483. The van der Waals surface area contributed by atoms with Crippen molar-refractivity contribution in [1.29, 1.82) is 0 Å². The third-order valence-electron chi connectivity index (χ3n) is 3.60. The molecule has 0 radical (unpaired) electrons. The Labute approximate surface area is 167 Å². The Hall–Kier alpha value is -2.54. The van der Waals surface area contributed by atoms with E-state index in [1.54, 1.807) is 42.5 Å². The van der Waals surface area contributed by atoms with Crippen LogP contribution in [0.5, 0.6) is 0 Å². The van der Waals surface area contributed by atoms with Crippen LogP contribution in [0.4, 0.5) is 11.4 Å². The van der Waals surface area contributed by atoms with E-state index >= 15 is 0 Å². The first kappa shape index (κ1) is 19.2. The first-order chi connectivity index (χ1) is 12.8. The van der Waals surface area contributed by atoms with E-state index in [4.69, 9.17) is 23.2 Å². The lowest BCUT2D eigenvalue weighted by molar-refractivity contribution is 0.102. The van der Waals surface area contributed by atoms with Crippen LogP contribution in [0.25, 0.3) is 0 Å². The second-order valence-corrected chi connectivity index (χ2v) is 8.10. The maximum atomic E-state index is 12.5. The summed E-state index contributed by atoms with van der Waals surface area (Å²) >= 11 is 12.0. The first-order valence-electron chi connectivity index (χ1n) is 7.79. The van der Waals surface area contributed by atoms with Gasteiger partial charge in [0.1, 0.15) is 0 Å². The molecule has 0 aliphatic heterocycles. The molecule has 0 aliphatic carbocycles. The minimum atomic E-state index is -3.78. The van der Waals surface area contributed by atoms with Crippen LogP contribution in [-0.2, 0) is 10.0 Å². The number of sulfonamides is 1. The lowest BCUT2D eigenvalue weighted by Gasteiger charge is -2.11. The van der Waals surface area contributed by atoms with Crippen LogP contribution in [0, 0.1) is 0 Å². The molecule has 5 nitrogen and oxygen atoms in total. The predicted octanol–water partition coefficient (Wildman–Crippen LogP) is 5.05. The smallest absolute Gasteiger partial charge is 0.261 e. The van der Waals surface area contributed by atoms with Gasteiger partial charge in [-0.1, -0.05) is 47.5 Å². The van der Waals surface area contributed by atoms with Crippen LogP contribution in [0.3, 0.4) is 0 Å². The molecule has 1 amide bonds. The number of benzene rings is 3. The van der Waals surface area contributed by atoms with Crippen molar-refractivity contribution in [1.82, 2.24) is 0 Å². The maximum absolute atomic E-state index is 12.5. The van der Waals surface area contributed by atoms with Crippen molar-refractivity contribution in [3.8, 4) is 0 Å². The van der Waals surface area contributed by atoms with Crippen molar-refractivity contribution in [2.75, 3.05) is 10.0 Å². The van der Waals surface area contributed by atoms with Gasteiger partial charge in [0.05, 0.1) is 15.5 Å². The average Bonchev–Trinajstić information content (AvgIpc) is 2.64. The molecule has 0 spiro atoms. The molecule has 0 fully saturated rings. The van der Waals surface area contributed by atoms with Crippen molar-refractivity contribution >= 4 is 50.5 Å². The fraction of sp³-hybridized carbons (Fsp3) is 0. The predicted molar refractivity (Wildman–Crippen MR) is 108 cm³/mol. The van der Waals surface area contributed by atoms with E-state index in [-0.39, 0.29) is 21.2 Å². The molecular weight excluding hydrogens is 407 g/mol. The Bertz CT molecular complexity index is 1090. The zero-order valence-corrected chi connectivity index (χ0v) is 16.1. The molecule has 138 valence electrons. The first-order valence-corrected chi connectivity index (χ1v) is 10.0. The molecule has 0 saturated heterocycles. The largest absolute Gasteiger partial charge is 0.322 e. The molecule has 3 aromatic carbocycles. The van der Waals surface area contributed by atoms with Crippen LogP contribution >= 0.6 is 23.2 Å². The highest BCUT2D eigenvalue weighted by molar-refractivity contribution is 7.92. The second-order valence-electron chi connectivity index (χ2n) is 5.58. The molecule has 3 aromatic rings. The van der Waals surface area contributed by atoms with E-state index < -0.39 is 15.9 Å². The monoisotopic (exact) mass is 420 g/mol. The van der Waals surface area contributed by atoms with Gasteiger partial charge in [-0.25, -0.2) is 8.42 Å². The van der Waals surface area contributed by atoms with Gasteiger partial charge in [-0.15, -0.1) is 0 Å². The number of carbonyl (C=O) groups is 1. The fourth-order valence-electron chi connectivity index (χ4n) is 2.34. The van der Waals surface area contributed by atoms with Gasteiger partial charge in [0.25, 0.3) is 15.9 Å². The van der Waals surface area contributed by atoms with E-state index in [0.29, 0.717) is 10.7 Å². The van der Waals surface area contributed by atoms with Gasteiger partial charge >= 0.3 is 0 Å². The number of hydrogen-bond acceptors (Lipinski definition) is 3. The summed E-state index contributed by atoms with van der Waals surface area (Å²) in [6.07, 6.45) is 0. The minimum absolute atomic E-state index is 0.116. The number of hydrogen-bond donors (Lipinski definition) is 2. The molecule has 8 heteroatoms. The Kier molecular flexibility index (Phi) is 5.70. The van der Waals surface area contributed by atoms with Gasteiger partial charge < -0.3 is 5.32 Å². The molecule has 2 N–H and O–H groups in total. The summed E-state index contributed by atoms with van der Waals surface area (Å²) in [6, 6.07) is 18.9. The van der Waals surface area contributed by atoms with Crippen LogP contribution in [-0.4, -0.2) is 14.3 Å². The fourth-order valence-corrected chi connectivity index (χ4v) is 3.81. The van der Waals surface area contributed by atoms with Crippen LogP contribution in [0.1, 0.15) is 10.4 Å². The second kappa shape index (κ2) is 8.00. The zero-order valence-electron chi connectivity index (χ0n) is 13.8. The summed E-state index contributed by atoms with van der Waals surface area (Å²) in [5, 5.41) is 3.34. The van der Waals surface area contributed by atoms with E-state index in [1.165, 1.54) is 30.3 Å². The highest BCUT2D eigenvalue weighted by Gasteiger charge is 2.16. The van der Waals surface area contributed by atoms with Gasteiger partial charge in [0.2, 0.25) is 0 Å². The van der Waals surface area contributed by atoms with E-state index in [2.05, 4.69) is 10.0 Å². The van der Waals surface area contributed by atoms with Crippen LogP contribution < -0.4 is 10.0 Å². The highest BCUT2D eigenvalue weighted by Crippen LogP contribution is 2.24. The Morgan fingerprint density at radius 3 is 2.26 bits per heavy atom. The molecule has 0 aromatic heterocycles. The number of amides is 1. The number of carbonyl (C=O) groups excluding carboxylic acids is 1. The quantitative estimate of drug-likeness (QED) is 0.606. The molecule has 0 heterocycles. The SMILES string of the molecule is O=C(Nc1cccc(Cl)c1)c1cc(NS(=O)(=O)c2ccccc2)ccc1Cl. The number of anilines is 2. The summed E-state index contributed by atoms with van der Waals surface area (Å²) in [6.45, 7) is 0. The normalized spacial score (nSPS) is 11.0. The van der Waals surface area contributed by atoms with Crippen LogP contribution in [0.15, 0.2) is 77.7 Å². The highest BCUT2D eigenvalue weighted by atomic mass is 35.5. The minimum Gasteiger partial charge on any atom is -0.322 e. The molecule has 27 heavy (non-hydrogen) atoms. The molecular formula is C19H14Cl2N2O3S. The Morgan fingerprint density at radius 1 is 0.815 bits per heavy atom. The van der Waals surface area contributed by atoms with Crippen molar-refractivity contribution in [3.63, 3.8) is 0 Å². The summed E-state index contributed by atoms with van der Waals surface area (Å²) in [5.41, 5.74) is 0.850. The van der Waals surface area contributed by atoms with Gasteiger partial charge in [0.15, 0.2) is 0 Å². The molecule has 3 rings (SSSR count). The Balaban J connectivity index is 1.85. The van der Waals surface area contributed by atoms with E-state index in [0.717, 1.165) is 0 Å². The van der Waals surface area contributed by atoms with Gasteiger partial charge in [-0.05, 0) is 48.5 Å². The van der Waals surface area contributed by atoms with E-state index in [9.17, 15) is 13.2 Å². The average molecular weight is 421 g/mol. The molecule has 0 saturated carbocycles. The Morgan fingerprint density at radius 2 is 1.56 bits per heavy atom. The van der Waals surface area contributed by atoms with Crippen LogP contribution in [0.2, 0.25) is 10.0 Å². The lowest BCUT2D eigenvalue weighted by atomic mass is 10.2. The molecule has 0 atom stereocenters. The molecule has 0 aliphatic rings. The van der Waals surface area contributed by atoms with Gasteiger partial charge in [-0.3, -0.25) is 9.52 Å². The van der Waals surface area contributed by atoms with Crippen molar-refractivity contribution in [2.24, 2.45) is 0 Å². The van der Waals surface area contributed by atoms with Crippen molar-refractivity contribution in [2.45, 2.75) is 4.90 Å². The lowest BCUT2D eigenvalue weighted by Crippen LogP contribution is -2.15. The maximum Gasteiger partial charge on any atom is 0.261 e. The third kappa shape index (κ3) is 4.80.